The molecule has 0 radical (unpaired) electrons. The molecule has 0 aromatic carbocycles. The summed E-state index contributed by atoms with van der Waals surface area (Å²) in [5.41, 5.74) is 1.13. The third-order valence-corrected chi connectivity index (χ3v) is 2.05. The molecule has 1 rings (SSSR count). The zero-order valence-corrected chi connectivity index (χ0v) is 7.35. The second-order valence-corrected chi connectivity index (χ2v) is 2.92. The van der Waals surface area contributed by atoms with Gasteiger partial charge in [0, 0.05) is 6.42 Å². The maximum Gasteiger partial charge on any atom is 0.341 e. The summed E-state index contributed by atoms with van der Waals surface area (Å²) >= 11 is 0. The van der Waals surface area contributed by atoms with Crippen molar-refractivity contribution in [1.82, 2.24) is 0 Å². The number of carbonyl (C=O) groups excluding carboxylic acids is 2. The normalized spacial score (nSPS) is 18.0. The second-order valence-electron chi connectivity index (χ2n) is 2.92. The summed E-state index contributed by atoms with van der Waals surface area (Å²) in [6.45, 7) is 1.81. The lowest BCUT2D eigenvalue weighted by Gasteiger charge is -2.13. The summed E-state index contributed by atoms with van der Waals surface area (Å²) in [4.78, 5) is 22.3. The first-order valence-electron chi connectivity index (χ1n) is 3.98. The molecule has 0 fully saturated rings. The van der Waals surface area contributed by atoms with E-state index in [0.717, 1.165) is 18.4 Å². The van der Waals surface area contributed by atoms with Crippen molar-refractivity contribution in [3.05, 3.63) is 11.1 Å². The van der Waals surface area contributed by atoms with Crippen molar-refractivity contribution >= 4 is 11.8 Å². The fourth-order valence-corrected chi connectivity index (χ4v) is 1.39. The van der Waals surface area contributed by atoms with Gasteiger partial charge >= 0.3 is 5.97 Å². The summed E-state index contributed by atoms with van der Waals surface area (Å²) < 4.78 is 4.51. The summed E-state index contributed by atoms with van der Waals surface area (Å²) in [5, 5.41) is 0. The number of Topliss-reactive ketones (excluding diaryl/α,β-unsaturated/α-hetero) is 1. The molecule has 0 amide bonds. The minimum absolute atomic E-state index is 0.0781. The van der Waals surface area contributed by atoms with Crippen molar-refractivity contribution in [1.29, 1.82) is 0 Å². The highest BCUT2D eigenvalue weighted by Crippen LogP contribution is 2.21. The minimum atomic E-state index is -0.489. The zero-order valence-electron chi connectivity index (χ0n) is 7.35. The van der Waals surface area contributed by atoms with Crippen LogP contribution in [-0.4, -0.2) is 18.9 Å². The Balaban J connectivity index is 2.96. The predicted molar refractivity (Wildman–Crippen MR) is 43.6 cm³/mol. The van der Waals surface area contributed by atoms with Crippen LogP contribution in [0.3, 0.4) is 0 Å². The van der Waals surface area contributed by atoms with E-state index in [0.29, 0.717) is 6.42 Å². The molecule has 0 spiro atoms. The van der Waals surface area contributed by atoms with Crippen molar-refractivity contribution < 1.29 is 14.3 Å². The van der Waals surface area contributed by atoms with Gasteiger partial charge in [-0.3, -0.25) is 4.79 Å². The third kappa shape index (κ3) is 1.55. The van der Waals surface area contributed by atoms with Crippen LogP contribution in [0.15, 0.2) is 11.1 Å². The van der Waals surface area contributed by atoms with Gasteiger partial charge in [0.25, 0.3) is 0 Å². The number of methoxy groups -OCH3 is 1. The Hall–Kier alpha value is -1.12. The molecule has 1 aliphatic carbocycles. The molecule has 0 bridgehead atoms. The Morgan fingerprint density at radius 1 is 1.42 bits per heavy atom. The third-order valence-electron chi connectivity index (χ3n) is 2.05. The summed E-state index contributed by atoms with van der Waals surface area (Å²) in [6.07, 6.45) is 2.16. The van der Waals surface area contributed by atoms with Crippen LogP contribution in [0.5, 0.6) is 0 Å². The molecule has 0 heterocycles. The van der Waals surface area contributed by atoms with Gasteiger partial charge in [0.1, 0.15) is 5.57 Å². The number of hydrogen-bond donors (Lipinski definition) is 0. The Morgan fingerprint density at radius 2 is 2.08 bits per heavy atom. The van der Waals surface area contributed by atoms with Gasteiger partial charge in [0.15, 0.2) is 5.78 Å². The van der Waals surface area contributed by atoms with Gasteiger partial charge in [0.2, 0.25) is 0 Å². The molecule has 0 aromatic rings. The highest BCUT2D eigenvalue weighted by molar-refractivity contribution is 6.18. The van der Waals surface area contributed by atoms with Gasteiger partial charge in [-0.1, -0.05) is 5.57 Å². The molecule has 0 unspecified atom stereocenters. The van der Waals surface area contributed by atoms with Crippen LogP contribution < -0.4 is 0 Å². The minimum Gasteiger partial charge on any atom is -0.465 e. The Bertz CT molecular complexity index is 250. The lowest BCUT2D eigenvalue weighted by atomic mass is 9.92. The molecule has 12 heavy (non-hydrogen) atoms. The molecular weight excluding hydrogens is 156 g/mol. The van der Waals surface area contributed by atoms with Gasteiger partial charge in [-0.2, -0.15) is 0 Å². The van der Waals surface area contributed by atoms with Crippen LogP contribution in [-0.2, 0) is 14.3 Å². The van der Waals surface area contributed by atoms with E-state index in [1.165, 1.54) is 7.11 Å². The van der Waals surface area contributed by atoms with Crippen LogP contribution in [0, 0.1) is 0 Å². The molecule has 0 aliphatic heterocycles. The molecule has 0 N–H and O–H groups in total. The van der Waals surface area contributed by atoms with Crippen LogP contribution in [0.25, 0.3) is 0 Å². The quantitative estimate of drug-likeness (QED) is 0.437. The first-order chi connectivity index (χ1) is 5.66. The molecule has 1 aliphatic rings. The van der Waals surface area contributed by atoms with Gasteiger partial charge in [-0.25, -0.2) is 4.79 Å². The zero-order chi connectivity index (χ0) is 9.14. The van der Waals surface area contributed by atoms with E-state index in [4.69, 9.17) is 0 Å². The summed E-state index contributed by atoms with van der Waals surface area (Å²) in [7, 11) is 1.30. The van der Waals surface area contributed by atoms with E-state index >= 15 is 0 Å². The smallest absolute Gasteiger partial charge is 0.341 e. The molecular formula is C9H12O3. The fourth-order valence-electron chi connectivity index (χ4n) is 1.39. The standard InChI is InChI=1S/C9H12O3/c1-6-4-3-5-7(10)8(6)9(11)12-2/h3-5H2,1-2H3. The topological polar surface area (TPSA) is 43.4 Å². The van der Waals surface area contributed by atoms with Crippen molar-refractivity contribution in [2.45, 2.75) is 26.2 Å². The maximum absolute atomic E-state index is 11.2. The first kappa shape index (κ1) is 8.97. The molecule has 0 atom stereocenters. The number of esters is 1. The monoisotopic (exact) mass is 168 g/mol. The second kappa shape index (κ2) is 3.52. The fraction of sp³-hybridized carbons (Fsp3) is 0.556. The van der Waals surface area contributed by atoms with E-state index in [2.05, 4.69) is 4.74 Å². The Kier molecular flexibility index (Phi) is 2.63. The average molecular weight is 168 g/mol. The van der Waals surface area contributed by atoms with Crippen LogP contribution in [0.1, 0.15) is 26.2 Å². The largest absolute Gasteiger partial charge is 0.465 e. The molecule has 3 nitrogen and oxygen atoms in total. The van der Waals surface area contributed by atoms with Crippen molar-refractivity contribution in [3.63, 3.8) is 0 Å². The molecule has 66 valence electrons. The van der Waals surface area contributed by atoms with E-state index in [9.17, 15) is 9.59 Å². The van der Waals surface area contributed by atoms with Crippen LogP contribution in [0.4, 0.5) is 0 Å². The van der Waals surface area contributed by atoms with Crippen LogP contribution in [0.2, 0.25) is 0 Å². The predicted octanol–water partition coefficient (Wildman–Crippen LogP) is 1.23. The number of ketones is 1. The van der Waals surface area contributed by atoms with Gasteiger partial charge < -0.3 is 4.74 Å². The SMILES string of the molecule is COC(=O)C1=C(C)CCCC1=O. The van der Waals surface area contributed by atoms with E-state index in [1.54, 1.807) is 0 Å². The average Bonchev–Trinajstić information content (AvgIpc) is 2.03. The Labute approximate surface area is 71.4 Å². The van der Waals surface area contributed by atoms with Gasteiger partial charge in [-0.05, 0) is 19.8 Å². The number of carbonyl (C=O) groups is 2. The van der Waals surface area contributed by atoms with Gasteiger partial charge in [-0.15, -0.1) is 0 Å². The van der Waals surface area contributed by atoms with Crippen LogP contribution >= 0.6 is 0 Å². The summed E-state index contributed by atoms with van der Waals surface area (Å²) in [5.74, 6) is -0.567. The molecule has 0 saturated carbocycles. The molecule has 3 heteroatoms. The highest BCUT2D eigenvalue weighted by Gasteiger charge is 2.24. The highest BCUT2D eigenvalue weighted by atomic mass is 16.5. The number of ether oxygens (including phenoxy) is 1. The van der Waals surface area contributed by atoms with Crippen molar-refractivity contribution in [3.8, 4) is 0 Å². The Morgan fingerprint density at radius 3 is 2.58 bits per heavy atom. The number of allylic oxidation sites excluding steroid dienone is 1. The maximum atomic E-state index is 11.2. The van der Waals surface area contributed by atoms with E-state index in [1.807, 2.05) is 6.92 Å². The lowest BCUT2D eigenvalue weighted by molar-refractivity contribution is -0.138. The van der Waals surface area contributed by atoms with Crippen molar-refractivity contribution in [2.24, 2.45) is 0 Å². The van der Waals surface area contributed by atoms with E-state index in [-0.39, 0.29) is 11.4 Å². The van der Waals surface area contributed by atoms with E-state index < -0.39 is 5.97 Å². The number of rotatable bonds is 1. The first-order valence-corrected chi connectivity index (χ1v) is 3.98. The van der Waals surface area contributed by atoms with Crippen molar-refractivity contribution in [2.75, 3.05) is 7.11 Å². The lowest BCUT2D eigenvalue weighted by Crippen LogP contribution is -2.19. The summed E-state index contributed by atoms with van der Waals surface area (Å²) in [6, 6.07) is 0. The molecule has 0 saturated heterocycles. The number of hydrogen-bond acceptors (Lipinski definition) is 3. The molecule has 0 aromatic heterocycles. The van der Waals surface area contributed by atoms with Gasteiger partial charge in [0.05, 0.1) is 7.11 Å².